The lowest BCUT2D eigenvalue weighted by atomic mass is 10.3. The largest absolute Gasteiger partial charge is 0.353 e. The smallest absolute Gasteiger partial charge is 0.197 e. The summed E-state index contributed by atoms with van der Waals surface area (Å²) in [6, 6.07) is 10.0. The molecule has 5 nitrogen and oxygen atoms in total. The van der Waals surface area contributed by atoms with E-state index in [-0.39, 0.29) is 0 Å². The molecular formula is C14H15N5. The monoisotopic (exact) mass is 253 g/mol. The number of nitrogens with zero attached hydrogens (tertiary/aromatic N) is 3. The van der Waals surface area contributed by atoms with Crippen LogP contribution in [0.15, 0.2) is 54.2 Å². The van der Waals surface area contributed by atoms with Gasteiger partial charge >= 0.3 is 0 Å². The molecule has 0 radical (unpaired) electrons. The lowest BCUT2D eigenvalue weighted by Crippen LogP contribution is -2.33. The fourth-order valence-electron chi connectivity index (χ4n) is 1.98. The number of anilines is 1. The van der Waals surface area contributed by atoms with E-state index in [0.717, 1.165) is 23.0 Å². The van der Waals surface area contributed by atoms with Crippen LogP contribution < -0.4 is 10.6 Å². The van der Waals surface area contributed by atoms with Crippen LogP contribution in [0.25, 0.3) is 5.69 Å². The predicted octanol–water partition coefficient (Wildman–Crippen LogP) is 1.93. The van der Waals surface area contributed by atoms with Crippen molar-refractivity contribution in [2.45, 2.75) is 6.54 Å². The van der Waals surface area contributed by atoms with Gasteiger partial charge in [0.1, 0.15) is 5.82 Å². The van der Waals surface area contributed by atoms with Gasteiger partial charge in [0.15, 0.2) is 5.96 Å². The molecule has 1 aromatic carbocycles. The zero-order valence-electron chi connectivity index (χ0n) is 10.5. The molecule has 0 spiro atoms. The standard InChI is InChI=1S/C14H15N5/c1-2-8-15-14-16-9-11-10-17-19(13(11)18-14)12-6-4-3-5-7-12/h2-7,10H,1,8-9H2,(H2,15,16,18). The van der Waals surface area contributed by atoms with Crippen LogP contribution in [0.5, 0.6) is 0 Å². The zero-order valence-corrected chi connectivity index (χ0v) is 10.5. The van der Waals surface area contributed by atoms with Crippen molar-refractivity contribution in [2.24, 2.45) is 4.99 Å². The van der Waals surface area contributed by atoms with E-state index in [1.807, 2.05) is 41.2 Å². The Hall–Kier alpha value is -2.56. The topological polar surface area (TPSA) is 54.2 Å². The third kappa shape index (κ3) is 2.22. The van der Waals surface area contributed by atoms with E-state index >= 15 is 0 Å². The number of hydrogen-bond donors (Lipinski definition) is 2. The molecule has 1 aromatic heterocycles. The van der Waals surface area contributed by atoms with Crippen molar-refractivity contribution < 1.29 is 0 Å². The number of para-hydroxylation sites is 1. The minimum absolute atomic E-state index is 0.634. The van der Waals surface area contributed by atoms with Crippen molar-refractivity contribution in [2.75, 3.05) is 11.9 Å². The quantitative estimate of drug-likeness (QED) is 0.822. The molecule has 96 valence electrons. The lowest BCUT2D eigenvalue weighted by Gasteiger charge is -2.17. The maximum Gasteiger partial charge on any atom is 0.197 e. The molecule has 3 rings (SSSR count). The van der Waals surface area contributed by atoms with E-state index in [0.29, 0.717) is 13.1 Å². The van der Waals surface area contributed by atoms with Crippen LogP contribution in [0.3, 0.4) is 0 Å². The SMILES string of the molecule is C=CCNC1=NCc2cnn(-c3ccccc3)c2N1. The van der Waals surface area contributed by atoms with Gasteiger partial charge in [-0.15, -0.1) is 6.58 Å². The summed E-state index contributed by atoms with van der Waals surface area (Å²) in [7, 11) is 0. The van der Waals surface area contributed by atoms with Crippen LogP contribution in [0.2, 0.25) is 0 Å². The Balaban J connectivity index is 1.89. The first-order valence-corrected chi connectivity index (χ1v) is 6.17. The molecule has 0 bridgehead atoms. The van der Waals surface area contributed by atoms with Crippen molar-refractivity contribution in [1.82, 2.24) is 15.1 Å². The van der Waals surface area contributed by atoms with Gasteiger partial charge in [-0.05, 0) is 12.1 Å². The molecule has 0 amide bonds. The van der Waals surface area contributed by atoms with Gasteiger partial charge in [0.25, 0.3) is 0 Å². The van der Waals surface area contributed by atoms with E-state index in [1.165, 1.54) is 0 Å². The van der Waals surface area contributed by atoms with Crippen LogP contribution in [-0.2, 0) is 6.54 Å². The van der Waals surface area contributed by atoms with Crippen LogP contribution in [0, 0.1) is 0 Å². The second-order valence-electron chi connectivity index (χ2n) is 4.23. The first kappa shape index (κ1) is 11.5. The summed E-state index contributed by atoms with van der Waals surface area (Å²) in [6.07, 6.45) is 3.65. The fourth-order valence-corrected chi connectivity index (χ4v) is 1.98. The first-order valence-electron chi connectivity index (χ1n) is 6.17. The Bertz CT molecular complexity index is 612. The van der Waals surface area contributed by atoms with E-state index < -0.39 is 0 Å². The number of fused-ring (bicyclic) bond motifs is 1. The van der Waals surface area contributed by atoms with Gasteiger partial charge in [-0.25, -0.2) is 9.67 Å². The van der Waals surface area contributed by atoms with Crippen molar-refractivity contribution in [1.29, 1.82) is 0 Å². The minimum atomic E-state index is 0.634. The Morgan fingerprint density at radius 2 is 2.21 bits per heavy atom. The fraction of sp³-hybridized carbons (Fsp3) is 0.143. The van der Waals surface area contributed by atoms with Gasteiger partial charge < -0.3 is 10.6 Å². The van der Waals surface area contributed by atoms with Crippen LogP contribution in [0.1, 0.15) is 5.56 Å². The van der Waals surface area contributed by atoms with Gasteiger partial charge in [0.05, 0.1) is 18.4 Å². The number of benzene rings is 1. The number of hydrogen-bond acceptors (Lipinski definition) is 4. The molecule has 2 N–H and O–H groups in total. The summed E-state index contributed by atoms with van der Waals surface area (Å²) in [5.41, 5.74) is 2.12. The predicted molar refractivity (Wildman–Crippen MR) is 76.5 cm³/mol. The van der Waals surface area contributed by atoms with Crippen LogP contribution in [0.4, 0.5) is 5.82 Å². The summed E-state index contributed by atoms with van der Waals surface area (Å²) >= 11 is 0. The van der Waals surface area contributed by atoms with E-state index in [9.17, 15) is 0 Å². The maximum atomic E-state index is 4.42. The summed E-state index contributed by atoms with van der Waals surface area (Å²) in [4.78, 5) is 4.41. The van der Waals surface area contributed by atoms with Crippen molar-refractivity contribution in [3.63, 3.8) is 0 Å². The normalized spacial score (nSPS) is 13.2. The summed E-state index contributed by atoms with van der Waals surface area (Å²) < 4.78 is 1.89. The zero-order chi connectivity index (χ0) is 13.1. The van der Waals surface area contributed by atoms with Crippen LogP contribution in [-0.4, -0.2) is 22.3 Å². The number of guanidine groups is 1. The molecule has 0 aliphatic carbocycles. The van der Waals surface area contributed by atoms with Gasteiger partial charge in [-0.2, -0.15) is 5.10 Å². The van der Waals surface area contributed by atoms with E-state index in [2.05, 4.69) is 27.3 Å². The molecule has 0 atom stereocenters. The highest BCUT2D eigenvalue weighted by atomic mass is 15.4. The highest BCUT2D eigenvalue weighted by molar-refractivity contribution is 5.95. The molecule has 2 heterocycles. The molecule has 1 aliphatic heterocycles. The van der Waals surface area contributed by atoms with Crippen molar-refractivity contribution in [3.05, 3.63) is 54.7 Å². The number of rotatable bonds is 3. The molecule has 2 aromatic rings. The molecule has 0 saturated heterocycles. The number of aromatic nitrogens is 2. The van der Waals surface area contributed by atoms with Gasteiger partial charge in [0, 0.05) is 12.1 Å². The Morgan fingerprint density at radius 1 is 1.37 bits per heavy atom. The lowest BCUT2D eigenvalue weighted by molar-refractivity contribution is 0.880. The molecule has 0 fully saturated rings. The van der Waals surface area contributed by atoms with Gasteiger partial charge in [0.2, 0.25) is 0 Å². The van der Waals surface area contributed by atoms with Gasteiger partial charge in [-0.3, -0.25) is 0 Å². The molecule has 19 heavy (non-hydrogen) atoms. The second kappa shape index (κ2) is 4.97. The third-order valence-corrected chi connectivity index (χ3v) is 2.90. The maximum absolute atomic E-state index is 4.42. The Morgan fingerprint density at radius 3 is 3.00 bits per heavy atom. The average Bonchev–Trinajstić information content (AvgIpc) is 2.89. The minimum Gasteiger partial charge on any atom is -0.353 e. The van der Waals surface area contributed by atoms with Crippen molar-refractivity contribution >= 4 is 11.8 Å². The average molecular weight is 253 g/mol. The van der Waals surface area contributed by atoms with Crippen LogP contribution >= 0.6 is 0 Å². The molecule has 0 unspecified atom stereocenters. The second-order valence-corrected chi connectivity index (χ2v) is 4.23. The van der Waals surface area contributed by atoms with Gasteiger partial charge in [-0.1, -0.05) is 24.3 Å². The highest BCUT2D eigenvalue weighted by Crippen LogP contribution is 2.23. The Kier molecular flexibility index (Phi) is 3.02. The Labute approximate surface area is 111 Å². The molecule has 0 saturated carbocycles. The molecule has 1 aliphatic rings. The summed E-state index contributed by atoms with van der Waals surface area (Å²) in [5.74, 6) is 1.72. The molecular weight excluding hydrogens is 238 g/mol. The first-order chi connectivity index (χ1) is 9.38. The highest BCUT2D eigenvalue weighted by Gasteiger charge is 2.17. The summed E-state index contributed by atoms with van der Waals surface area (Å²) in [5, 5.41) is 10.8. The molecule has 5 heteroatoms. The number of nitrogens with one attached hydrogen (secondary N) is 2. The van der Waals surface area contributed by atoms with E-state index in [4.69, 9.17) is 0 Å². The third-order valence-electron chi connectivity index (χ3n) is 2.90. The van der Waals surface area contributed by atoms with E-state index in [1.54, 1.807) is 6.08 Å². The van der Waals surface area contributed by atoms with Crippen molar-refractivity contribution in [3.8, 4) is 5.69 Å². The number of aliphatic imine (C=N–C) groups is 1. The summed E-state index contributed by atoms with van der Waals surface area (Å²) in [6.45, 7) is 5.00.